The van der Waals surface area contributed by atoms with Crippen molar-refractivity contribution in [3.8, 4) is 11.5 Å². The molecule has 2 aromatic rings. The summed E-state index contributed by atoms with van der Waals surface area (Å²) in [5.74, 6) is 0.510. The second-order valence-electron chi connectivity index (χ2n) is 4.18. The van der Waals surface area contributed by atoms with E-state index in [1.807, 2.05) is 18.2 Å². The first-order chi connectivity index (χ1) is 9.65. The van der Waals surface area contributed by atoms with Crippen molar-refractivity contribution in [3.63, 3.8) is 0 Å². The van der Waals surface area contributed by atoms with E-state index in [0.717, 1.165) is 15.8 Å². The lowest BCUT2D eigenvalue weighted by atomic mass is 10.2. The molecule has 2 N–H and O–H groups in total. The third kappa shape index (κ3) is 3.29. The van der Waals surface area contributed by atoms with E-state index in [9.17, 15) is 4.39 Å². The molecule has 0 aromatic heterocycles. The quantitative estimate of drug-likeness (QED) is 0.904. The van der Waals surface area contributed by atoms with Crippen LogP contribution in [0.2, 0.25) is 0 Å². The van der Waals surface area contributed by atoms with Gasteiger partial charge in [-0.15, -0.1) is 0 Å². The van der Waals surface area contributed by atoms with Crippen molar-refractivity contribution in [1.82, 2.24) is 0 Å². The predicted molar refractivity (Wildman–Crippen MR) is 79.3 cm³/mol. The van der Waals surface area contributed by atoms with Crippen molar-refractivity contribution in [1.29, 1.82) is 0 Å². The highest BCUT2D eigenvalue weighted by Crippen LogP contribution is 2.27. The molecule has 0 saturated heterocycles. The Labute approximate surface area is 125 Å². The van der Waals surface area contributed by atoms with E-state index in [1.165, 1.54) is 6.07 Å². The predicted octanol–water partition coefficient (Wildman–Crippen LogP) is 3.63. The summed E-state index contributed by atoms with van der Waals surface area (Å²) < 4.78 is 25.4. The van der Waals surface area contributed by atoms with Crippen molar-refractivity contribution < 1.29 is 13.9 Å². The van der Waals surface area contributed by atoms with Gasteiger partial charge in [0.2, 0.25) is 0 Å². The van der Waals surface area contributed by atoms with E-state index in [2.05, 4.69) is 15.9 Å². The smallest absolute Gasteiger partial charge is 0.165 e. The van der Waals surface area contributed by atoms with Crippen LogP contribution in [0.15, 0.2) is 40.9 Å². The zero-order valence-corrected chi connectivity index (χ0v) is 12.6. The first kappa shape index (κ1) is 14.8. The van der Waals surface area contributed by atoms with Gasteiger partial charge in [0.05, 0.1) is 7.11 Å². The van der Waals surface area contributed by atoms with E-state index >= 15 is 0 Å². The van der Waals surface area contributed by atoms with Crippen LogP contribution in [-0.4, -0.2) is 7.11 Å². The zero-order chi connectivity index (χ0) is 14.5. The Morgan fingerprint density at radius 2 is 2.00 bits per heavy atom. The average molecular weight is 340 g/mol. The van der Waals surface area contributed by atoms with E-state index in [0.29, 0.717) is 5.56 Å². The number of halogens is 2. The molecule has 0 spiro atoms. The number of methoxy groups -OCH3 is 1. The molecule has 0 aliphatic carbocycles. The number of para-hydroxylation sites is 1. The number of rotatable bonds is 5. The van der Waals surface area contributed by atoms with Crippen LogP contribution in [0, 0.1) is 5.82 Å². The van der Waals surface area contributed by atoms with Crippen molar-refractivity contribution >= 4 is 15.9 Å². The topological polar surface area (TPSA) is 44.5 Å². The van der Waals surface area contributed by atoms with E-state index in [4.69, 9.17) is 15.2 Å². The van der Waals surface area contributed by atoms with Crippen LogP contribution in [0.4, 0.5) is 4.39 Å². The van der Waals surface area contributed by atoms with Gasteiger partial charge in [0, 0.05) is 22.1 Å². The largest absolute Gasteiger partial charge is 0.497 e. The molecule has 3 nitrogen and oxygen atoms in total. The van der Waals surface area contributed by atoms with Gasteiger partial charge in [-0.25, -0.2) is 4.39 Å². The first-order valence-electron chi connectivity index (χ1n) is 6.08. The number of hydrogen-bond donors (Lipinski definition) is 1. The molecular weight excluding hydrogens is 325 g/mol. The molecule has 0 unspecified atom stereocenters. The molecule has 0 saturated carbocycles. The molecule has 5 heteroatoms. The van der Waals surface area contributed by atoms with Crippen molar-refractivity contribution in [2.45, 2.75) is 13.2 Å². The maximum absolute atomic E-state index is 13.8. The van der Waals surface area contributed by atoms with Gasteiger partial charge in [-0.3, -0.25) is 0 Å². The summed E-state index contributed by atoms with van der Waals surface area (Å²) >= 11 is 3.43. The summed E-state index contributed by atoms with van der Waals surface area (Å²) in [6, 6.07) is 10.3. The van der Waals surface area contributed by atoms with Crippen LogP contribution >= 0.6 is 15.9 Å². The van der Waals surface area contributed by atoms with Gasteiger partial charge in [-0.1, -0.05) is 28.1 Å². The van der Waals surface area contributed by atoms with Crippen molar-refractivity contribution in [2.24, 2.45) is 5.73 Å². The van der Waals surface area contributed by atoms with Gasteiger partial charge >= 0.3 is 0 Å². The number of nitrogens with two attached hydrogens (primary N) is 1. The zero-order valence-electron chi connectivity index (χ0n) is 11.0. The molecular formula is C15H15BrFNO2. The average Bonchev–Trinajstić information content (AvgIpc) is 2.47. The van der Waals surface area contributed by atoms with Crippen molar-refractivity contribution in [2.75, 3.05) is 7.11 Å². The molecule has 0 radical (unpaired) electrons. The molecule has 20 heavy (non-hydrogen) atoms. The second kappa shape index (κ2) is 6.72. The summed E-state index contributed by atoms with van der Waals surface area (Å²) in [6.45, 7) is 0.456. The van der Waals surface area contributed by atoms with Crippen molar-refractivity contribution in [3.05, 3.63) is 57.8 Å². The number of ether oxygens (including phenoxy) is 2. The van der Waals surface area contributed by atoms with Crippen LogP contribution in [0.1, 0.15) is 11.1 Å². The highest BCUT2D eigenvalue weighted by atomic mass is 79.9. The molecule has 2 aromatic carbocycles. The minimum atomic E-state index is -0.410. The Bertz CT molecular complexity index is 604. The fraction of sp³-hybridized carbons (Fsp3) is 0.200. The lowest BCUT2D eigenvalue weighted by molar-refractivity contribution is 0.285. The number of hydrogen-bond acceptors (Lipinski definition) is 3. The van der Waals surface area contributed by atoms with Crippen LogP contribution in [0.25, 0.3) is 0 Å². The van der Waals surface area contributed by atoms with Crippen LogP contribution in [0.3, 0.4) is 0 Å². The minimum Gasteiger partial charge on any atom is -0.497 e. The summed E-state index contributed by atoms with van der Waals surface area (Å²) in [5, 5.41) is 0. The molecule has 0 heterocycles. The van der Waals surface area contributed by atoms with Gasteiger partial charge < -0.3 is 15.2 Å². The Kier molecular flexibility index (Phi) is 4.98. The first-order valence-corrected chi connectivity index (χ1v) is 6.87. The highest BCUT2D eigenvalue weighted by molar-refractivity contribution is 9.10. The van der Waals surface area contributed by atoms with Gasteiger partial charge in [-0.2, -0.15) is 0 Å². The van der Waals surface area contributed by atoms with Gasteiger partial charge in [0.15, 0.2) is 11.6 Å². The highest BCUT2D eigenvalue weighted by Gasteiger charge is 2.10. The number of benzene rings is 2. The third-order valence-corrected chi connectivity index (χ3v) is 3.67. The monoisotopic (exact) mass is 339 g/mol. The summed E-state index contributed by atoms with van der Waals surface area (Å²) in [4.78, 5) is 0. The maximum atomic E-state index is 13.8. The fourth-order valence-electron chi connectivity index (χ4n) is 1.81. The second-order valence-corrected chi connectivity index (χ2v) is 5.03. The molecule has 0 atom stereocenters. The van der Waals surface area contributed by atoms with E-state index < -0.39 is 5.82 Å². The molecule has 0 aliphatic rings. The van der Waals surface area contributed by atoms with Gasteiger partial charge in [-0.05, 0) is 24.3 Å². The SMILES string of the molecule is COc1ccc(Br)c(COc2c(F)cccc2CN)c1. The molecule has 0 aliphatic heterocycles. The molecule has 0 fully saturated rings. The van der Waals surface area contributed by atoms with Crippen LogP contribution in [-0.2, 0) is 13.2 Å². The summed E-state index contributed by atoms with van der Waals surface area (Å²) in [6.07, 6.45) is 0. The molecule has 2 rings (SSSR count). The lowest BCUT2D eigenvalue weighted by Gasteiger charge is -2.13. The van der Waals surface area contributed by atoms with E-state index in [-0.39, 0.29) is 18.9 Å². The summed E-state index contributed by atoms with van der Waals surface area (Å²) in [5.41, 5.74) is 7.10. The minimum absolute atomic E-state index is 0.199. The molecule has 0 bridgehead atoms. The summed E-state index contributed by atoms with van der Waals surface area (Å²) in [7, 11) is 1.59. The Hall–Kier alpha value is -1.59. The fourth-order valence-corrected chi connectivity index (χ4v) is 2.18. The third-order valence-electron chi connectivity index (χ3n) is 2.89. The maximum Gasteiger partial charge on any atom is 0.165 e. The Balaban J connectivity index is 2.21. The Morgan fingerprint density at radius 3 is 2.70 bits per heavy atom. The van der Waals surface area contributed by atoms with Crippen LogP contribution < -0.4 is 15.2 Å². The lowest BCUT2D eigenvalue weighted by Crippen LogP contribution is -2.05. The molecule has 106 valence electrons. The van der Waals surface area contributed by atoms with Gasteiger partial charge in [0.25, 0.3) is 0 Å². The van der Waals surface area contributed by atoms with Gasteiger partial charge in [0.1, 0.15) is 12.4 Å². The normalized spacial score (nSPS) is 10.4. The van der Waals surface area contributed by atoms with Crippen LogP contribution in [0.5, 0.6) is 11.5 Å². The standard InChI is InChI=1S/C15H15BrFNO2/c1-19-12-5-6-13(16)11(7-12)9-20-15-10(8-18)3-2-4-14(15)17/h2-7H,8-9,18H2,1H3. The Morgan fingerprint density at radius 1 is 1.20 bits per heavy atom. The molecule has 0 amide bonds. The van der Waals surface area contributed by atoms with E-state index in [1.54, 1.807) is 19.2 Å².